The summed E-state index contributed by atoms with van der Waals surface area (Å²) in [7, 11) is -3.82. The Bertz CT molecular complexity index is 1540. The molecule has 0 unspecified atom stereocenters. The molecule has 1 aliphatic rings. The van der Waals surface area contributed by atoms with Gasteiger partial charge in [0.05, 0.1) is 22.6 Å². The van der Waals surface area contributed by atoms with E-state index in [0.29, 0.717) is 81.2 Å². The van der Waals surface area contributed by atoms with E-state index in [2.05, 4.69) is 16.8 Å². The monoisotopic (exact) mass is 601 g/mol. The van der Waals surface area contributed by atoms with Crippen LogP contribution in [0, 0.1) is 0 Å². The van der Waals surface area contributed by atoms with E-state index in [1.165, 1.54) is 4.31 Å². The van der Waals surface area contributed by atoms with E-state index >= 15 is 0 Å². The minimum atomic E-state index is -3.82. The molecule has 3 heterocycles. The average Bonchev–Trinajstić information content (AvgIpc) is 3.34. The fraction of sp³-hybridized carbons (Fsp3) is 0.567. The molecular weight excluding hydrogens is 558 g/mol. The number of piperazine rings is 1. The molecule has 1 aliphatic heterocycles. The van der Waals surface area contributed by atoms with E-state index < -0.39 is 10.0 Å². The number of carbonyl (C=O) groups is 1. The van der Waals surface area contributed by atoms with Gasteiger partial charge in [-0.3, -0.25) is 14.5 Å². The van der Waals surface area contributed by atoms with Gasteiger partial charge in [-0.15, -0.1) is 0 Å². The van der Waals surface area contributed by atoms with Crippen molar-refractivity contribution in [1.82, 2.24) is 23.7 Å². The average molecular weight is 602 g/mol. The summed E-state index contributed by atoms with van der Waals surface area (Å²) >= 11 is 0. The van der Waals surface area contributed by atoms with Crippen molar-refractivity contribution in [3.8, 4) is 17.1 Å². The summed E-state index contributed by atoms with van der Waals surface area (Å²) in [6, 6.07) is 4.75. The Hall–Kier alpha value is -3.22. The summed E-state index contributed by atoms with van der Waals surface area (Å²) in [6.45, 7) is 11.6. The number of esters is 1. The smallest absolute Gasteiger partial charge is 0.305 e. The van der Waals surface area contributed by atoms with E-state index in [-0.39, 0.29) is 22.2 Å². The highest BCUT2D eigenvalue weighted by Crippen LogP contribution is 2.33. The Morgan fingerprint density at radius 1 is 1.02 bits per heavy atom. The Kier molecular flexibility index (Phi) is 10.8. The molecule has 0 bridgehead atoms. The maximum absolute atomic E-state index is 13.7. The summed E-state index contributed by atoms with van der Waals surface area (Å²) in [5, 5.41) is 0. The van der Waals surface area contributed by atoms with Gasteiger partial charge in [-0.05, 0) is 49.9 Å². The maximum Gasteiger partial charge on any atom is 0.305 e. The quantitative estimate of drug-likeness (QED) is 0.277. The number of aryl methyl sites for hydroxylation is 2. The topological polar surface area (TPSA) is 127 Å². The van der Waals surface area contributed by atoms with Crippen molar-refractivity contribution in [3.05, 3.63) is 40.3 Å². The molecule has 0 amide bonds. The molecule has 12 heteroatoms. The normalized spacial score (nSPS) is 14.9. The lowest BCUT2D eigenvalue weighted by molar-refractivity contribution is -0.144. The largest absolute Gasteiger partial charge is 0.493 e. The molecule has 2 aromatic heterocycles. The van der Waals surface area contributed by atoms with Gasteiger partial charge in [-0.25, -0.2) is 13.4 Å². The van der Waals surface area contributed by atoms with Gasteiger partial charge in [0.2, 0.25) is 10.0 Å². The van der Waals surface area contributed by atoms with Crippen molar-refractivity contribution < 1.29 is 22.7 Å². The number of aromatic amines is 1. The molecule has 0 aliphatic carbocycles. The molecule has 0 radical (unpaired) electrons. The zero-order valence-electron chi connectivity index (χ0n) is 25.1. The molecular formula is C30H43N5O6S. The van der Waals surface area contributed by atoms with Crippen LogP contribution in [0.25, 0.3) is 22.4 Å². The number of nitrogens with one attached hydrogen (secondary N) is 1. The first kappa shape index (κ1) is 31.7. The molecule has 0 saturated carbocycles. The lowest BCUT2D eigenvalue weighted by Crippen LogP contribution is -2.49. The molecule has 3 aromatic rings. The Morgan fingerprint density at radius 2 is 1.79 bits per heavy atom. The van der Waals surface area contributed by atoms with Gasteiger partial charge in [0.15, 0.2) is 0 Å². The summed E-state index contributed by atoms with van der Waals surface area (Å²) in [5.41, 5.74) is 2.29. The van der Waals surface area contributed by atoms with Crippen LogP contribution in [0.1, 0.15) is 58.9 Å². The van der Waals surface area contributed by atoms with Crippen LogP contribution in [0.3, 0.4) is 0 Å². The van der Waals surface area contributed by atoms with Gasteiger partial charge < -0.3 is 19.0 Å². The van der Waals surface area contributed by atoms with E-state index in [4.69, 9.17) is 14.5 Å². The van der Waals surface area contributed by atoms with Crippen LogP contribution in [-0.2, 0) is 32.5 Å². The number of hydrogen-bond donors (Lipinski definition) is 1. The minimum Gasteiger partial charge on any atom is -0.493 e. The molecule has 1 N–H and O–H groups in total. The molecule has 1 aromatic carbocycles. The van der Waals surface area contributed by atoms with Crippen LogP contribution in [0.15, 0.2) is 34.1 Å². The van der Waals surface area contributed by atoms with Crippen LogP contribution in [-0.4, -0.2) is 84.1 Å². The zero-order chi connectivity index (χ0) is 30.3. The summed E-state index contributed by atoms with van der Waals surface area (Å²) in [4.78, 5) is 34.9. The molecule has 1 saturated heterocycles. The molecule has 0 atom stereocenters. The molecule has 4 rings (SSSR count). The third-order valence-corrected chi connectivity index (χ3v) is 9.31. The fourth-order valence-electron chi connectivity index (χ4n) is 5.20. The summed E-state index contributed by atoms with van der Waals surface area (Å²) in [5.74, 6) is 0.539. The minimum absolute atomic E-state index is 0.117. The lowest BCUT2D eigenvalue weighted by atomic mass is 10.1. The third-order valence-electron chi connectivity index (χ3n) is 7.42. The van der Waals surface area contributed by atoms with Gasteiger partial charge in [0.1, 0.15) is 23.7 Å². The van der Waals surface area contributed by atoms with Gasteiger partial charge in [-0.2, -0.15) is 4.31 Å². The first-order valence-corrected chi connectivity index (χ1v) is 16.4. The second kappa shape index (κ2) is 14.3. The van der Waals surface area contributed by atoms with Crippen molar-refractivity contribution in [2.45, 2.75) is 71.2 Å². The van der Waals surface area contributed by atoms with Crippen LogP contribution in [0.5, 0.6) is 5.75 Å². The fourth-order valence-corrected chi connectivity index (χ4v) is 6.65. The Balaban J connectivity index is 1.61. The predicted molar refractivity (Wildman–Crippen MR) is 162 cm³/mol. The van der Waals surface area contributed by atoms with Crippen LogP contribution >= 0.6 is 0 Å². The number of hydrogen-bond acceptors (Lipinski definition) is 8. The van der Waals surface area contributed by atoms with Crippen molar-refractivity contribution >= 4 is 27.0 Å². The highest BCUT2D eigenvalue weighted by Gasteiger charge is 2.30. The van der Waals surface area contributed by atoms with Crippen LogP contribution < -0.4 is 10.3 Å². The standard InChI is InChI=1S/C30H43N5O6S/c1-5-9-22-21-34(8-4)28-27(22)31-29(32-30(28)37)24-20-23(11-12-25(24)40-18-7-3)42(38,39)35-15-13-33(14-16-35)17-19-41-26(36)10-6-2/h11-12,20-21H,5-10,13-19H2,1-4H3,(H,31,32,37). The highest BCUT2D eigenvalue weighted by molar-refractivity contribution is 7.89. The molecule has 11 nitrogen and oxygen atoms in total. The predicted octanol–water partition coefficient (Wildman–Crippen LogP) is 3.80. The third kappa shape index (κ3) is 7.04. The number of H-pyrrole nitrogens is 1. The number of nitrogens with zero attached hydrogens (tertiary/aromatic N) is 4. The number of benzene rings is 1. The number of fused-ring (bicyclic) bond motifs is 1. The summed E-state index contributed by atoms with van der Waals surface area (Å²) in [6.07, 6.45) is 5.58. The van der Waals surface area contributed by atoms with Gasteiger partial charge in [0, 0.05) is 51.9 Å². The van der Waals surface area contributed by atoms with Crippen molar-refractivity contribution in [2.75, 3.05) is 45.9 Å². The van der Waals surface area contributed by atoms with E-state index in [0.717, 1.165) is 31.2 Å². The van der Waals surface area contributed by atoms with Crippen molar-refractivity contribution in [1.29, 1.82) is 0 Å². The first-order chi connectivity index (χ1) is 20.2. The maximum atomic E-state index is 13.7. The summed E-state index contributed by atoms with van der Waals surface area (Å²) < 4.78 is 42.1. The second-order valence-corrected chi connectivity index (χ2v) is 12.5. The van der Waals surface area contributed by atoms with E-state index in [1.807, 2.05) is 31.5 Å². The van der Waals surface area contributed by atoms with Gasteiger partial charge >= 0.3 is 5.97 Å². The molecule has 42 heavy (non-hydrogen) atoms. The van der Waals surface area contributed by atoms with Gasteiger partial charge in [-0.1, -0.05) is 27.2 Å². The van der Waals surface area contributed by atoms with Crippen molar-refractivity contribution in [2.24, 2.45) is 0 Å². The zero-order valence-corrected chi connectivity index (χ0v) is 26.0. The Morgan fingerprint density at radius 3 is 2.45 bits per heavy atom. The van der Waals surface area contributed by atoms with Crippen LogP contribution in [0.2, 0.25) is 0 Å². The number of ether oxygens (including phenoxy) is 2. The van der Waals surface area contributed by atoms with E-state index in [9.17, 15) is 18.0 Å². The molecule has 1 fully saturated rings. The van der Waals surface area contributed by atoms with Gasteiger partial charge in [0.25, 0.3) is 5.56 Å². The SMILES string of the molecule is CCCOc1ccc(S(=O)(=O)N2CCN(CCOC(=O)CCC)CC2)cc1-c1nc2c(CCC)cn(CC)c2c(=O)[nH]1. The van der Waals surface area contributed by atoms with Crippen molar-refractivity contribution in [3.63, 3.8) is 0 Å². The Labute approximate surface area is 247 Å². The molecule has 230 valence electrons. The highest BCUT2D eigenvalue weighted by atomic mass is 32.2. The number of sulfonamides is 1. The molecule has 0 spiro atoms. The number of aromatic nitrogens is 3. The first-order valence-electron chi connectivity index (χ1n) is 15.0. The second-order valence-electron chi connectivity index (χ2n) is 10.5. The van der Waals surface area contributed by atoms with Crippen LogP contribution in [0.4, 0.5) is 0 Å². The number of carbonyl (C=O) groups excluding carboxylic acids is 1. The lowest BCUT2D eigenvalue weighted by Gasteiger charge is -2.33. The van der Waals surface area contributed by atoms with E-state index in [1.54, 1.807) is 18.2 Å². The number of rotatable bonds is 14.